The maximum Gasteiger partial charge on any atom is 0.0614 e. The van der Waals surface area contributed by atoms with Gasteiger partial charge in [0.2, 0.25) is 0 Å². The molecule has 0 unspecified atom stereocenters. The van der Waals surface area contributed by atoms with Gasteiger partial charge in [-0.1, -0.05) is 78.9 Å². The monoisotopic (exact) mass is 285 g/mol. The molecule has 1 aliphatic rings. The summed E-state index contributed by atoms with van der Waals surface area (Å²) in [4.78, 5) is 2.44. The minimum Gasteiger partial charge on any atom is -0.291 e. The molecule has 0 N–H and O–H groups in total. The molecule has 0 aliphatic heterocycles. The summed E-state index contributed by atoms with van der Waals surface area (Å²) in [5, 5.41) is 0. The van der Waals surface area contributed by atoms with Gasteiger partial charge in [0, 0.05) is 6.54 Å². The molecular weight excluding hydrogens is 266 g/mol. The molecule has 0 fully saturated rings. The van der Waals surface area contributed by atoms with Gasteiger partial charge < -0.3 is 0 Å². The fourth-order valence-electron chi connectivity index (χ4n) is 3.57. The smallest absolute Gasteiger partial charge is 0.0614 e. The molecule has 0 heterocycles. The molecule has 0 atom stereocenters. The zero-order valence-corrected chi connectivity index (χ0v) is 12.7. The molecule has 0 radical (unpaired) electrons. The summed E-state index contributed by atoms with van der Waals surface area (Å²) >= 11 is 0. The Balaban J connectivity index is 1.75. The van der Waals surface area contributed by atoms with Crippen molar-refractivity contribution in [1.29, 1.82) is 0 Å². The fraction of sp³-hybridized carbons (Fsp3) is 0.143. The maximum absolute atomic E-state index is 2.44. The Bertz CT molecular complexity index is 746. The average Bonchev–Trinajstić information content (AvgIpc) is 2.90. The van der Waals surface area contributed by atoms with Crippen LogP contribution in [0, 0.1) is 0 Å². The molecule has 0 saturated heterocycles. The van der Waals surface area contributed by atoms with E-state index in [1.54, 1.807) is 0 Å². The number of hydrogen-bond donors (Lipinski definition) is 0. The predicted molar refractivity (Wildman–Crippen MR) is 91.6 cm³/mol. The lowest BCUT2D eigenvalue weighted by Crippen LogP contribution is -2.23. The van der Waals surface area contributed by atoms with Crippen molar-refractivity contribution in [2.24, 2.45) is 0 Å². The highest BCUT2D eigenvalue weighted by Gasteiger charge is 2.30. The summed E-state index contributed by atoms with van der Waals surface area (Å²) in [5.41, 5.74) is 6.95. The van der Waals surface area contributed by atoms with Crippen LogP contribution in [0.15, 0.2) is 78.9 Å². The van der Waals surface area contributed by atoms with Gasteiger partial charge in [-0.3, -0.25) is 4.90 Å². The number of rotatable bonds is 3. The van der Waals surface area contributed by atoms with Crippen molar-refractivity contribution < 1.29 is 0 Å². The Morgan fingerprint density at radius 2 is 1.18 bits per heavy atom. The van der Waals surface area contributed by atoms with Gasteiger partial charge in [-0.05, 0) is 34.9 Å². The van der Waals surface area contributed by atoms with Crippen LogP contribution in [0.1, 0.15) is 22.7 Å². The van der Waals surface area contributed by atoms with Gasteiger partial charge in [-0.2, -0.15) is 0 Å². The molecule has 1 aliphatic carbocycles. The molecule has 0 spiro atoms. The highest BCUT2D eigenvalue weighted by molar-refractivity contribution is 5.78. The summed E-state index contributed by atoms with van der Waals surface area (Å²) in [6, 6.07) is 28.6. The van der Waals surface area contributed by atoms with Crippen LogP contribution in [0.5, 0.6) is 0 Å². The summed E-state index contributed by atoms with van der Waals surface area (Å²) < 4.78 is 0. The highest BCUT2D eigenvalue weighted by Crippen LogP contribution is 2.45. The Hall–Kier alpha value is -2.38. The number of fused-ring (bicyclic) bond motifs is 3. The molecule has 22 heavy (non-hydrogen) atoms. The van der Waals surface area contributed by atoms with E-state index in [0.717, 1.165) is 6.54 Å². The first-order valence-electron chi connectivity index (χ1n) is 7.77. The van der Waals surface area contributed by atoms with E-state index in [1.807, 2.05) is 0 Å². The zero-order chi connectivity index (χ0) is 14.9. The molecule has 0 amide bonds. The van der Waals surface area contributed by atoms with Crippen molar-refractivity contribution in [3.63, 3.8) is 0 Å². The normalized spacial score (nSPS) is 13.2. The lowest BCUT2D eigenvalue weighted by molar-refractivity contribution is 0.274. The van der Waals surface area contributed by atoms with Gasteiger partial charge in [0.25, 0.3) is 0 Å². The van der Waals surface area contributed by atoms with Crippen molar-refractivity contribution in [2.45, 2.75) is 12.6 Å². The van der Waals surface area contributed by atoms with Crippen molar-refractivity contribution in [3.8, 4) is 11.1 Å². The Morgan fingerprint density at radius 3 is 1.77 bits per heavy atom. The summed E-state index contributed by atoms with van der Waals surface area (Å²) in [7, 11) is 2.22. The Morgan fingerprint density at radius 1 is 0.682 bits per heavy atom. The third kappa shape index (κ3) is 2.15. The van der Waals surface area contributed by atoms with Crippen LogP contribution in [0.25, 0.3) is 11.1 Å². The second-order valence-electron chi connectivity index (χ2n) is 5.98. The summed E-state index contributed by atoms with van der Waals surface area (Å²) in [6.45, 7) is 0.953. The first-order chi connectivity index (χ1) is 10.8. The summed E-state index contributed by atoms with van der Waals surface area (Å²) in [5.74, 6) is 0. The largest absolute Gasteiger partial charge is 0.291 e. The van der Waals surface area contributed by atoms with E-state index >= 15 is 0 Å². The quantitative estimate of drug-likeness (QED) is 0.662. The van der Waals surface area contributed by atoms with Gasteiger partial charge in [-0.15, -0.1) is 0 Å². The number of nitrogens with zero attached hydrogens (tertiary/aromatic N) is 1. The van der Waals surface area contributed by atoms with Crippen molar-refractivity contribution in [1.82, 2.24) is 4.90 Å². The third-order valence-electron chi connectivity index (χ3n) is 4.52. The Kier molecular flexibility index (Phi) is 3.28. The van der Waals surface area contributed by atoms with Gasteiger partial charge in [0.05, 0.1) is 6.04 Å². The zero-order valence-electron chi connectivity index (χ0n) is 12.7. The minimum atomic E-state index is 0.340. The molecule has 1 nitrogen and oxygen atoms in total. The first kappa shape index (κ1) is 13.3. The van der Waals surface area contributed by atoms with Gasteiger partial charge >= 0.3 is 0 Å². The van der Waals surface area contributed by atoms with Crippen LogP contribution in [0.4, 0.5) is 0 Å². The standard InChI is InChI=1S/C21H19N/c1-22(15-16-9-3-2-4-10-16)21-19-13-7-5-11-17(19)18-12-6-8-14-20(18)21/h2-14,21H,15H2,1H3. The van der Waals surface area contributed by atoms with Gasteiger partial charge in [-0.25, -0.2) is 0 Å². The molecule has 4 rings (SSSR count). The van der Waals surface area contributed by atoms with Crippen LogP contribution in [0.3, 0.4) is 0 Å². The lowest BCUT2D eigenvalue weighted by Gasteiger charge is -2.26. The van der Waals surface area contributed by atoms with E-state index in [0.29, 0.717) is 6.04 Å². The second kappa shape index (κ2) is 5.43. The third-order valence-corrected chi connectivity index (χ3v) is 4.52. The van der Waals surface area contributed by atoms with E-state index in [-0.39, 0.29) is 0 Å². The molecule has 3 aromatic carbocycles. The van der Waals surface area contributed by atoms with E-state index in [1.165, 1.54) is 27.8 Å². The van der Waals surface area contributed by atoms with Crippen molar-refractivity contribution >= 4 is 0 Å². The molecule has 0 bridgehead atoms. The van der Waals surface area contributed by atoms with Crippen LogP contribution >= 0.6 is 0 Å². The second-order valence-corrected chi connectivity index (χ2v) is 5.98. The molecule has 108 valence electrons. The summed E-state index contributed by atoms with van der Waals surface area (Å²) in [6.07, 6.45) is 0. The average molecular weight is 285 g/mol. The maximum atomic E-state index is 2.44. The van der Waals surface area contributed by atoms with Crippen LogP contribution in [-0.2, 0) is 6.54 Å². The molecule has 3 aromatic rings. The van der Waals surface area contributed by atoms with Crippen LogP contribution in [-0.4, -0.2) is 11.9 Å². The molecular formula is C21H19N. The van der Waals surface area contributed by atoms with E-state index < -0.39 is 0 Å². The first-order valence-corrected chi connectivity index (χ1v) is 7.77. The van der Waals surface area contributed by atoms with Crippen molar-refractivity contribution in [3.05, 3.63) is 95.6 Å². The molecule has 1 heteroatoms. The minimum absolute atomic E-state index is 0.340. The SMILES string of the molecule is CN(Cc1ccccc1)C1c2ccccc2-c2ccccc21. The lowest BCUT2D eigenvalue weighted by atomic mass is 10.0. The predicted octanol–water partition coefficient (Wildman–Crippen LogP) is 4.89. The number of hydrogen-bond acceptors (Lipinski definition) is 1. The number of benzene rings is 3. The fourth-order valence-corrected chi connectivity index (χ4v) is 3.57. The highest BCUT2D eigenvalue weighted by atomic mass is 15.1. The van der Waals surface area contributed by atoms with Crippen molar-refractivity contribution in [2.75, 3.05) is 7.05 Å². The van der Waals surface area contributed by atoms with E-state index in [9.17, 15) is 0 Å². The Labute approximate surface area is 131 Å². The molecule has 0 aromatic heterocycles. The van der Waals surface area contributed by atoms with E-state index in [4.69, 9.17) is 0 Å². The van der Waals surface area contributed by atoms with Gasteiger partial charge in [0.1, 0.15) is 0 Å². The van der Waals surface area contributed by atoms with E-state index in [2.05, 4.69) is 90.8 Å². The topological polar surface area (TPSA) is 3.24 Å². The van der Waals surface area contributed by atoms with Gasteiger partial charge in [0.15, 0.2) is 0 Å². The van der Waals surface area contributed by atoms with Crippen LogP contribution < -0.4 is 0 Å². The molecule has 0 saturated carbocycles. The van der Waals surface area contributed by atoms with Crippen LogP contribution in [0.2, 0.25) is 0 Å².